The van der Waals surface area contributed by atoms with Crippen molar-refractivity contribution in [2.45, 2.75) is 53.0 Å². The number of benzene rings is 1. The van der Waals surface area contributed by atoms with Gasteiger partial charge in [-0.1, -0.05) is 32.4 Å². The lowest BCUT2D eigenvalue weighted by molar-refractivity contribution is -0.128. The van der Waals surface area contributed by atoms with Gasteiger partial charge >= 0.3 is 0 Å². The molecular formula is C19H26ClFN2O2. The third-order valence-electron chi connectivity index (χ3n) is 4.14. The Kier molecular flexibility index (Phi) is 5.47. The lowest BCUT2D eigenvalue weighted by atomic mass is 9.81. The Bertz CT molecular complexity index is 682. The van der Waals surface area contributed by atoms with Crippen LogP contribution in [0.5, 0.6) is 0 Å². The van der Waals surface area contributed by atoms with Crippen molar-refractivity contribution in [2.75, 3.05) is 11.4 Å². The van der Waals surface area contributed by atoms with E-state index in [0.29, 0.717) is 5.69 Å². The minimum atomic E-state index is -0.532. The SMILES string of the molecule is CC(C)(C)CC(C)(C)NC(=O)C1CC(=O)N(c2ccc(F)c(Cl)c2)C1. The maximum atomic E-state index is 13.3. The molecule has 1 N–H and O–H groups in total. The number of carbonyl (C=O) groups excluding carboxylic acids is 2. The van der Waals surface area contributed by atoms with Crippen molar-refractivity contribution in [1.82, 2.24) is 5.32 Å². The first kappa shape index (κ1) is 19.7. The summed E-state index contributed by atoms with van der Waals surface area (Å²) in [6.45, 7) is 10.6. The summed E-state index contributed by atoms with van der Waals surface area (Å²) in [5.74, 6) is -1.24. The van der Waals surface area contributed by atoms with Gasteiger partial charge in [0, 0.05) is 24.2 Å². The van der Waals surface area contributed by atoms with Crippen molar-refractivity contribution in [3.63, 3.8) is 0 Å². The summed E-state index contributed by atoms with van der Waals surface area (Å²) >= 11 is 5.80. The lowest BCUT2D eigenvalue weighted by Crippen LogP contribution is -2.48. The fraction of sp³-hybridized carbons (Fsp3) is 0.579. The van der Waals surface area contributed by atoms with E-state index in [2.05, 4.69) is 26.1 Å². The Morgan fingerprint density at radius 3 is 2.52 bits per heavy atom. The Hall–Kier alpha value is -1.62. The van der Waals surface area contributed by atoms with E-state index in [1.54, 1.807) is 0 Å². The molecule has 1 fully saturated rings. The maximum Gasteiger partial charge on any atom is 0.227 e. The van der Waals surface area contributed by atoms with Gasteiger partial charge in [0.15, 0.2) is 0 Å². The second kappa shape index (κ2) is 6.94. The van der Waals surface area contributed by atoms with Gasteiger partial charge in [-0.2, -0.15) is 0 Å². The summed E-state index contributed by atoms with van der Waals surface area (Å²) in [4.78, 5) is 26.4. The van der Waals surface area contributed by atoms with Crippen LogP contribution < -0.4 is 10.2 Å². The maximum absolute atomic E-state index is 13.3. The van der Waals surface area contributed by atoms with Gasteiger partial charge in [-0.3, -0.25) is 9.59 Å². The number of hydrogen-bond donors (Lipinski definition) is 1. The van der Waals surface area contributed by atoms with Crippen LogP contribution in [0.25, 0.3) is 0 Å². The third-order valence-corrected chi connectivity index (χ3v) is 4.43. The molecule has 2 amide bonds. The Labute approximate surface area is 153 Å². The molecule has 6 heteroatoms. The van der Waals surface area contributed by atoms with Crippen molar-refractivity contribution in [1.29, 1.82) is 0 Å². The number of nitrogens with zero attached hydrogens (tertiary/aromatic N) is 1. The number of amides is 2. The summed E-state index contributed by atoms with van der Waals surface area (Å²) in [7, 11) is 0. The van der Waals surface area contributed by atoms with E-state index < -0.39 is 11.7 Å². The fourth-order valence-corrected chi connectivity index (χ4v) is 3.77. The second-order valence-corrected chi connectivity index (χ2v) is 9.02. The quantitative estimate of drug-likeness (QED) is 0.867. The number of rotatable bonds is 4. The van der Waals surface area contributed by atoms with Gasteiger partial charge in [0.2, 0.25) is 11.8 Å². The average molecular weight is 369 g/mol. The fourth-order valence-electron chi connectivity index (χ4n) is 3.59. The lowest BCUT2D eigenvalue weighted by Gasteiger charge is -2.34. The minimum absolute atomic E-state index is 0.0375. The molecule has 1 unspecified atom stereocenters. The number of carbonyl (C=O) groups is 2. The van der Waals surface area contributed by atoms with Crippen LogP contribution in [0.2, 0.25) is 5.02 Å². The number of nitrogens with one attached hydrogen (secondary N) is 1. The van der Waals surface area contributed by atoms with E-state index in [9.17, 15) is 14.0 Å². The van der Waals surface area contributed by atoms with Gasteiger partial charge in [0.1, 0.15) is 5.82 Å². The summed E-state index contributed by atoms with van der Waals surface area (Å²) in [5, 5.41) is 3.03. The molecule has 4 nitrogen and oxygen atoms in total. The molecule has 1 aromatic rings. The molecule has 0 saturated carbocycles. The van der Waals surface area contributed by atoms with E-state index in [1.807, 2.05) is 13.8 Å². The van der Waals surface area contributed by atoms with Crippen LogP contribution in [0, 0.1) is 17.2 Å². The molecule has 2 rings (SSSR count). The zero-order chi connectivity index (χ0) is 19.0. The molecular weight excluding hydrogens is 343 g/mol. The molecule has 138 valence electrons. The van der Waals surface area contributed by atoms with Crippen LogP contribution in [0.1, 0.15) is 47.5 Å². The van der Waals surface area contributed by atoms with Crippen LogP contribution in [0.4, 0.5) is 10.1 Å². The van der Waals surface area contributed by atoms with E-state index in [-0.39, 0.29) is 40.8 Å². The highest BCUT2D eigenvalue weighted by Crippen LogP contribution is 2.30. The second-order valence-electron chi connectivity index (χ2n) is 8.61. The van der Waals surface area contributed by atoms with E-state index in [4.69, 9.17) is 11.6 Å². The molecule has 1 heterocycles. The molecule has 0 aliphatic carbocycles. The third kappa shape index (κ3) is 5.18. The van der Waals surface area contributed by atoms with Crippen molar-refractivity contribution >= 4 is 29.1 Å². The Morgan fingerprint density at radius 2 is 1.96 bits per heavy atom. The molecule has 0 aromatic heterocycles. The minimum Gasteiger partial charge on any atom is -0.351 e. The van der Waals surface area contributed by atoms with E-state index in [0.717, 1.165) is 6.42 Å². The standard InChI is InChI=1S/C19H26ClFN2O2/c1-18(2,3)11-19(4,5)22-17(25)12-8-16(24)23(10-12)13-6-7-15(21)14(20)9-13/h6-7,9,12H,8,10-11H2,1-5H3,(H,22,25). The van der Waals surface area contributed by atoms with Gasteiger partial charge in [-0.05, 0) is 43.9 Å². The van der Waals surface area contributed by atoms with Crippen molar-refractivity contribution < 1.29 is 14.0 Å². The monoisotopic (exact) mass is 368 g/mol. The Balaban J connectivity index is 2.06. The van der Waals surface area contributed by atoms with Crippen molar-refractivity contribution in [3.8, 4) is 0 Å². The van der Waals surface area contributed by atoms with Crippen LogP contribution in [-0.4, -0.2) is 23.9 Å². The van der Waals surface area contributed by atoms with Crippen LogP contribution in [0.3, 0.4) is 0 Å². The predicted octanol–water partition coefficient (Wildman–Crippen LogP) is 4.16. The highest BCUT2D eigenvalue weighted by atomic mass is 35.5. The number of hydrogen-bond acceptors (Lipinski definition) is 2. The molecule has 1 saturated heterocycles. The molecule has 1 aliphatic rings. The van der Waals surface area contributed by atoms with Gasteiger partial charge in [0.05, 0.1) is 10.9 Å². The summed E-state index contributed by atoms with van der Waals surface area (Å²) < 4.78 is 13.3. The zero-order valence-electron chi connectivity index (χ0n) is 15.5. The van der Waals surface area contributed by atoms with Crippen molar-refractivity contribution in [2.24, 2.45) is 11.3 Å². The Morgan fingerprint density at radius 1 is 1.32 bits per heavy atom. The van der Waals surface area contributed by atoms with Crippen LogP contribution >= 0.6 is 11.6 Å². The molecule has 0 bridgehead atoms. The van der Waals surface area contributed by atoms with Crippen LogP contribution in [-0.2, 0) is 9.59 Å². The average Bonchev–Trinajstić information content (AvgIpc) is 2.81. The van der Waals surface area contributed by atoms with Gasteiger partial charge in [-0.25, -0.2) is 4.39 Å². The topological polar surface area (TPSA) is 49.4 Å². The van der Waals surface area contributed by atoms with Crippen molar-refractivity contribution in [3.05, 3.63) is 29.0 Å². The normalized spacial score (nSPS) is 18.6. The number of halogens is 2. The largest absolute Gasteiger partial charge is 0.351 e. The van der Waals surface area contributed by atoms with Crippen LogP contribution in [0.15, 0.2) is 18.2 Å². The highest BCUT2D eigenvalue weighted by Gasteiger charge is 2.37. The first-order valence-corrected chi connectivity index (χ1v) is 8.83. The summed E-state index contributed by atoms with van der Waals surface area (Å²) in [5.41, 5.74) is 0.241. The summed E-state index contributed by atoms with van der Waals surface area (Å²) in [6.07, 6.45) is 0.968. The van der Waals surface area contributed by atoms with Gasteiger partial charge in [0.25, 0.3) is 0 Å². The zero-order valence-corrected chi connectivity index (χ0v) is 16.2. The molecule has 25 heavy (non-hydrogen) atoms. The first-order chi connectivity index (χ1) is 11.4. The molecule has 0 spiro atoms. The molecule has 0 radical (unpaired) electrons. The molecule has 1 aromatic carbocycles. The van der Waals surface area contributed by atoms with E-state index >= 15 is 0 Å². The molecule has 1 atom stereocenters. The van der Waals surface area contributed by atoms with Gasteiger partial charge < -0.3 is 10.2 Å². The smallest absolute Gasteiger partial charge is 0.227 e. The van der Waals surface area contributed by atoms with E-state index in [1.165, 1.54) is 23.1 Å². The predicted molar refractivity (Wildman–Crippen MR) is 98.2 cm³/mol. The highest BCUT2D eigenvalue weighted by molar-refractivity contribution is 6.31. The summed E-state index contributed by atoms with van der Waals surface area (Å²) in [6, 6.07) is 4.15. The van der Waals surface area contributed by atoms with Gasteiger partial charge in [-0.15, -0.1) is 0 Å². The first-order valence-electron chi connectivity index (χ1n) is 8.45. The number of anilines is 1. The molecule has 1 aliphatic heterocycles.